The number of aromatic nitrogens is 1. The second kappa shape index (κ2) is 6.35. The van der Waals surface area contributed by atoms with Crippen molar-refractivity contribution in [3.63, 3.8) is 0 Å². The molecule has 0 aliphatic heterocycles. The van der Waals surface area contributed by atoms with Crippen molar-refractivity contribution in [2.45, 2.75) is 39.3 Å². The highest BCUT2D eigenvalue weighted by Crippen LogP contribution is 2.10. The third-order valence-corrected chi connectivity index (χ3v) is 2.84. The molecule has 0 spiro atoms. The quantitative estimate of drug-likeness (QED) is 0.815. The first-order valence-electron chi connectivity index (χ1n) is 5.95. The summed E-state index contributed by atoms with van der Waals surface area (Å²) in [6.45, 7) is 5.97. The van der Waals surface area contributed by atoms with Crippen LogP contribution in [0.1, 0.15) is 38.8 Å². The zero-order valence-electron chi connectivity index (χ0n) is 10.7. The minimum absolute atomic E-state index is 0.0115. The van der Waals surface area contributed by atoms with Crippen LogP contribution in [-0.4, -0.2) is 16.9 Å². The average molecular weight is 235 g/mol. The van der Waals surface area contributed by atoms with Crippen molar-refractivity contribution in [3.05, 3.63) is 30.1 Å². The molecular weight excluding hydrogens is 214 g/mol. The van der Waals surface area contributed by atoms with E-state index in [0.717, 1.165) is 5.56 Å². The zero-order valence-corrected chi connectivity index (χ0v) is 10.7. The molecule has 1 rings (SSSR count). The highest BCUT2D eigenvalue weighted by atomic mass is 16.1. The van der Waals surface area contributed by atoms with Gasteiger partial charge in [0.25, 0.3) is 0 Å². The first-order valence-corrected chi connectivity index (χ1v) is 5.95. The van der Waals surface area contributed by atoms with Gasteiger partial charge in [0.2, 0.25) is 5.91 Å². The Morgan fingerprint density at radius 1 is 1.47 bits per heavy atom. The van der Waals surface area contributed by atoms with E-state index in [4.69, 9.17) is 5.73 Å². The van der Waals surface area contributed by atoms with Crippen molar-refractivity contribution in [1.82, 2.24) is 10.3 Å². The summed E-state index contributed by atoms with van der Waals surface area (Å²) in [7, 11) is 0. The van der Waals surface area contributed by atoms with Crippen molar-refractivity contribution < 1.29 is 4.79 Å². The number of carbonyl (C=O) groups is 1. The topological polar surface area (TPSA) is 68.0 Å². The molecule has 3 N–H and O–H groups in total. The fourth-order valence-corrected chi connectivity index (χ4v) is 1.47. The summed E-state index contributed by atoms with van der Waals surface area (Å²) in [6.07, 6.45) is 3.84. The van der Waals surface area contributed by atoms with Crippen molar-refractivity contribution in [1.29, 1.82) is 0 Å². The molecule has 0 bridgehead atoms. The Morgan fingerprint density at radius 3 is 2.71 bits per heavy atom. The Balaban J connectivity index is 2.47. The van der Waals surface area contributed by atoms with E-state index in [9.17, 15) is 4.79 Å². The van der Waals surface area contributed by atoms with Crippen LogP contribution in [0.25, 0.3) is 0 Å². The highest BCUT2D eigenvalue weighted by Gasteiger charge is 2.15. The molecule has 0 saturated heterocycles. The van der Waals surface area contributed by atoms with E-state index in [2.05, 4.69) is 10.3 Å². The molecule has 1 aromatic heterocycles. The smallest absolute Gasteiger partial charge is 0.222 e. The average Bonchev–Trinajstić information content (AvgIpc) is 2.29. The Kier molecular flexibility index (Phi) is 5.10. The largest absolute Gasteiger partial charge is 0.349 e. The molecule has 1 aromatic rings. The zero-order chi connectivity index (χ0) is 12.8. The number of carbonyl (C=O) groups excluding carboxylic acids is 1. The van der Waals surface area contributed by atoms with Gasteiger partial charge in [0.1, 0.15) is 0 Å². The van der Waals surface area contributed by atoms with Gasteiger partial charge in [-0.2, -0.15) is 0 Å². The number of nitrogens with zero attached hydrogens (tertiary/aromatic N) is 1. The van der Waals surface area contributed by atoms with Gasteiger partial charge in [0.15, 0.2) is 0 Å². The molecule has 1 heterocycles. The molecule has 94 valence electrons. The van der Waals surface area contributed by atoms with Gasteiger partial charge in [-0.25, -0.2) is 0 Å². The fourth-order valence-electron chi connectivity index (χ4n) is 1.47. The summed E-state index contributed by atoms with van der Waals surface area (Å²) < 4.78 is 0. The van der Waals surface area contributed by atoms with Crippen LogP contribution in [0.15, 0.2) is 24.5 Å². The van der Waals surface area contributed by atoms with Crippen molar-refractivity contribution >= 4 is 5.91 Å². The third-order valence-electron chi connectivity index (χ3n) is 2.84. The number of nitrogens with one attached hydrogen (secondary N) is 1. The van der Waals surface area contributed by atoms with E-state index in [-0.39, 0.29) is 18.0 Å². The molecule has 0 aliphatic carbocycles. The number of nitrogens with two attached hydrogens (primary N) is 1. The van der Waals surface area contributed by atoms with Crippen molar-refractivity contribution in [2.24, 2.45) is 11.7 Å². The second-order valence-corrected chi connectivity index (χ2v) is 4.69. The maximum Gasteiger partial charge on any atom is 0.222 e. The molecule has 17 heavy (non-hydrogen) atoms. The SMILES string of the molecule is CC(NC(=O)CC(N)C(C)C)c1cccnc1. The molecular formula is C13H21N3O. The molecule has 1 amide bonds. The summed E-state index contributed by atoms with van der Waals surface area (Å²) in [6, 6.07) is 3.68. The molecule has 4 heteroatoms. The van der Waals surface area contributed by atoms with Gasteiger partial charge in [0, 0.05) is 24.9 Å². The molecule has 0 radical (unpaired) electrons. The molecule has 0 saturated carbocycles. The predicted octanol–water partition coefficient (Wildman–Crippen LogP) is 1.63. The fraction of sp³-hybridized carbons (Fsp3) is 0.538. The van der Waals surface area contributed by atoms with Crippen LogP contribution >= 0.6 is 0 Å². The summed E-state index contributed by atoms with van der Waals surface area (Å²) in [5.41, 5.74) is 6.86. The predicted molar refractivity (Wildman–Crippen MR) is 68.2 cm³/mol. The van der Waals surface area contributed by atoms with E-state index in [1.54, 1.807) is 12.4 Å². The van der Waals surface area contributed by atoms with Crippen LogP contribution in [0, 0.1) is 5.92 Å². The van der Waals surface area contributed by atoms with Gasteiger partial charge in [-0.3, -0.25) is 9.78 Å². The lowest BCUT2D eigenvalue weighted by Crippen LogP contribution is -2.35. The third kappa shape index (κ3) is 4.53. The molecule has 2 atom stereocenters. The lowest BCUT2D eigenvalue weighted by Gasteiger charge is -2.18. The summed E-state index contributed by atoms with van der Waals surface area (Å²) in [5, 5.41) is 2.92. The van der Waals surface area contributed by atoms with Gasteiger partial charge in [-0.15, -0.1) is 0 Å². The lowest BCUT2D eigenvalue weighted by atomic mass is 10.0. The van der Waals surface area contributed by atoms with Crippen LogP contribution in [0.5, 0.6) is 0 Å². The number of pyridine rings is 1. The molecule has 0 fully saturated rings. The summed E-state index contributed by atoms with van der Waals surface area (Å²) in [5.74, 6) is 0.303. The van der Waals surface area contributed by atoms with E-state index in [0.29, 0.717) is 12.3 Å². The van der Waals surface area contributed by atoms with Crippen LogP contribution < -0.4 is 11.1 Å². The van der Waals surface area contributed by atoms with Crippen LogP contribution in [0.2, 0.25) is 0 Å². The van der Waals surface area contributed by atoms with Crippen LogP contribution in [-0.2, 0) is 4.79 Å². The summed E-state index contributed by atoms with van der Waals surface area (Å²) in [4.78, 5) is 15.8. The van der Waals surface area contributed by atoms with Gasteiger partial charge < -0.3 is 11.1 Å². The molecule has 0 aromatic carbocycles. The highest BCUT2D eigenvalue weighted by molar-refractivity contribution is 5.77. The van der Waals surface area contributed by atoms with Crippen LogP contribution in [0.3, 0.4) is 0 Å². The Labute approximate surface area is 103 Å². The van der Waals surface area contributed by atoms with Crippen molar-refractivity contribution in [3.8, 4) is 0 Å². The van der Waals surface area contributed by atoms with Gasteiger partial charge in [-0.05, 0) is 24.5 Å². The normalized spacial score (nSPS) is 14.4. The van der Waals surface area contributed by atoms with E-state index < -0.39 is 0 Å². The van der Waals surface area contributed by atoms with Gasteiger partial charge in [-0.1, -0.05) is 19.9 Å². The Morgan fingerprint density at radius 2 is 2.18 bits per heavy atom. The maximum absolute atomic E-state index is 11.7. The second-order valence-electron chi connectivity index (χ2n) is 4.69. The minimum Gasteiger partial charge on any atom is -0.349 e. The number of rotatable bonds is 5. The number of hydrogen-bond acceptors (Lipinski definition) is 3. The monoisotopic (exact) mass is 235 g/mol. The minimum atomic E-state index is -0.0869. The van der Waals surface area contributed by atoms with Gasteiger partial charge in [0.05, 0.1) is 6.04 Å². The standard InChI is InChI=1S/C13H21N3O/c1-9(2)12(14)7-13(17)16-10(3)11-5-4-6-15-8-11/h4-6,8-10,12H,7,14H2,1-3H3,(H,16,17). The van der Waals surface area contributed by atoms with E-state index in [1.165, 1.54) is 0 Å². The number of amides is 1. The molecule has 4 nitrogen and oxygen atoms in total. The molecule has 0 aliphatic rings. The lowest BCUT2D eigenvalue weighted by molar-refractivity contribution is -0.122. The maximum atomic E-state index is 11.7. The first kappa shape index (κ1) is 13.6. The first-order chi connectivity index (χ1) is 8.00. The van der Waals surface area contributed by atoms with E-state index in [1.807, 2.05) is 32.9 Å². The van der Waals surface area contributed by atoms with E-state index >= 15 is 0 Å². The molecule has 2 unspecified atom stereocenters. The Hall–Kier alpha value is -1.42. The Bertz CT molecular complexity index is 351. The number of hydrogen-bond donors (Lipinski definition) is 2. The van der Waals surface area contributed by atoms with Crippen LogP contribution in [0.4, 0.5) is 0 Å². The van der Waals surface area contributed by atoms with Gasteiger partial charge >= 0.3 is 0 Å². The van der Waals surface area contributed by atoms with Crippen molar-refractivity contribution in [2.75, 3.05) is 0 Å². The summed E-state index contributed by atoms with van der Waals surface area (Å²) >= 11 is 0.